The average Bonchev–Trinajstić information content (AvgIpc) is 2.20. The van der Waals surface area contributed by atoms with E-state index in [0.29, 0.717) is 4.47 Å². The van der Waals surface area contributed by atoms with Gasteiger partial charge in [-0.05, 0) is 54.6 Å². The molecular weight excluding hydrogens is 289 g/mol. The number of benzene rings is 1. The minimum Gasteiger partial charge on any atom is -0.481 e. The van der Waals surface area contributed by atoms with Crippen molar-refractivity contribution in [1.82, 2.24) is 4.90 Å². The molecular formula is C12H15BrFNO2. The molecule has 0 bridgehead atoms. The zero-order valence-electron chi connectivity index (χ0n) is 10.00. The molecule has 1 rings (SSSR count). The fraction of sp³-hybridized carbons (Fsp3) is 0.417. The van der Waals surface area contributed by atoms with Gasteiger partial charge in [-0.1, -0.05) is 6.07 Å². The van der Waals surface area contributed by atoms with E-state index in [-0.39, 0.29) is 12.2 Å². The van der Waals surface area contributed by atoms with Crippen molar-refractivity contribution in [3.8, 4) is 0 Å². The summed E-state index contributed by atoms with van der Waals surface area (Å²) < 4.78 is 13.5. The molecule has 0 aliphatic heterocycles. The molecule has 1 N–H and O–H groups in total. The van der Waals surface area contributed by atoms with Gasteiger partial charge in [-0.2, -0.15) is 0 Å². The van der Waals surface area contributed by atoms with Crippen LogP contribution in [0.4, 0.5) is 4.39 Å². The van der Waals surface area contributed by atoms with Crippen LogP contribution in [0.25, 0.3) is 0 Å². The fourth-order valence-corrected chi connectivity index (χ4v) is 2.02. The molecule has 0 radical (unpaired) electrons. The summed E-state index contributed by atoms with van der Waals surface area (Å²) in [6.45, 7) is 1.82. The molecule has 1 unspecified atom stereocenters. The second-order valence-electron chi connectivity index (χ2n) is 4.37. The van der Waals surface area contributed by atoms with E-state index in [1.807, 2.05) is 11.8 Å². The molecule has 94 valence electrons. The number of hydrogen-bond donors (Lipinski definition) is 1. The predicted octanol–water partition coefficient (Wildman–Crippen LogP) is 2.84. The Labute approximate surface area is 108 Å². The molecule has 0 amide bonds. The van der Waals surface area contributed by atoms with Gasteiger partial charge in [0.1, 0.15) is 5.82 Å². The summed E-state index contributed by atoms with van der Waals surface area (Å²) in [4.78, 5) is 12.8. The van der Waals surface area contributed by atoms with Gasteiger partial charge in [-0.15, -0.1) is 0 Å². The summed E-state index contributed by atoms with van der Waals surface area (Å²) in [7, 11) is 3.61. The summed E-state index contributed by atoms with van der Waals surface area (Å²) in [5.74, 6) is -1.24. The Hall–Kier alpha value is -0.940. The predicted molar refractivity (Wildman–Crippen MR) is 67.4 cm³/mol. The topological polar surface area (TPSA) is 40.5 Å². The SMILES string of the molecule is CN(C)C(C)(CC(=O)O)c1ccc(F)c(Br)c1. The van der Waals surface area contributed by atoms with Gasteiger partial charge < -0.3 is 5.11 Å². The first-order valence-electron chi connectivity index (χ1n) is 5.12. The van der Waals surface area contributed by atoms with Crippen molar-refractivity contribution >= 4 is 21.9 Å². The van der Waals surface area contributed by atoms with E-state index in [4.69, 9.17) is 5.11 Å². The fourth-order valence-electron chi connectivity index (χ4n) is 1.64. The van der Waals surface area contributed by atoms with Crippen LogP contribution in [-0.4, -0.2) is 30.1 Å². The minimum absolute atomic E-state index is 0.0436. The number of aliphatic carboxylic acids is 1. The molecule has 0 saturated carbocycles. The van der Waals surface area contributed by atoms with Crippen LogP contribution in [0.1, 0.15) is 18.9 Å². The number of halogens is 2. The molecule has 0 aliphatic rings. The summed E-state index contributed by atoms with van der Waals surface area (Å²) in [6, 6.07) is 4.57. The van der Waals surface area contributed by atoms with E-state index < -0.39 is 11.5 Å². The number of rotatable bonds is 4. The number of carboxylic acids is 1. The van der Waals surface area contributed by atoms with Crippen LogP contribution in [0.15, 0.2) is 22.7 Å². The van der Waals surface area contributed by atoms with Gasteiger partial charge in [0.05, 0.1) is 16.4 Å². The molecule has 0 aromatic heterocycles. The largest absolute Gasteiger partial charge is 0.481 e. The minimum atomic E-state index is -0.887. The molecule has 1 aromatic rings. The Morgan fingerprint density at radius 1 is 1.53 bits per heavy atom. The Morgan fingerprint density at radius 3 is 2.53 bits per heavy atom. The summed E-state index contributed by atoms with van der Waals surface area (Å²) in [6.07, 6.45) is -0.0436. The van der Waals surface area contributed by atoms with Gasteiger partial charge in [-0.3, -0.25) is 9.69 Å². The highest BCUT2D eigenvalue weighted by Gasteiger charge is 2.32. The van der Waals surface area contributed by atoms with E-state index in [1.54, 1.807) is 26.2 Å². The molecule has 0 heterocycles. The molecule has 0 saturated heterocycles. The molecule has 5 heteroatoms. The molecule has 17 heavy (non-hydrogen) atoms. The Bertz CT molecular complexity index is 437. The molecule has 1 aromatic carbocycles. The highest BCUT2D eigenvalue weighted by atomic mass is 79.9. The maximum absolute atomic E-state index is 13.2. The van der Waals surface area contributed by atoms with Gasteiger partial charge in [0.15, 0.2) is 0 Å². The van der Waals surface area contributed by atoms with Gasteiger partial charge >= 0.3 is 5.97 Å². The number of hydrogen-bond acceptors (Lipinski definition) is 2. The third-order valence-electron chi connectivity index (χ3n) is 3.02. The molecule has 0 aliphatic carbocycles. The Kier molecular flexibility index (Phi) is 4.27. The van der Waals surface area contributed by atoms with Crippen LogP contribution in [0.5, 0.6) is 0 Å². The van der Waals surface area contributed by atoms with Crippen molar-refractivity contribution in [2.75, 3.05) is 14.1 Å². The van der Waals surface area contributed by atoms with Gasteiger partial charge in [0.25, 0.3) is 0 Å². The van der Waals surface area contributed by atoms with Crippen LogP contribution in [0, 0.1) is 5.82 Å². The first-order valence-corrected chi connectivity index (χ1v) is 5.91. The Morgan fingerprint density at radius 2 is 2.12 bits per heavy atom. The lowest BCUT2D eigenvalue weighted by atomic mass is 9.87. The van der Waals surface area contributed by atoms with Crippen LogP contribution >= 0.6 is 15.9 Å². The van der Waals surface area contributed by atoms with Crippen LogP contribution < -0.4 is 0 Å². The zero-order chi connectivity index (χ0) is 13.2. The maximum Gasteiger partial charge on any atom is 0.305 e. The lowest BCUT2D eigenvalue weighted by Crippen LogP contribution is -2.40. The van der Waals surface area contributed by atoms with E-state index in [9.17, 15) is 9.18 Å². The number of carbonyl (C=O) groups is 1. The van der Waals surface area contributed by atoms with Gasteiger partial charge in [0, 0.05) is 0 Å². The van der Waals surface area contributed by atoms with Crippen LogP contribution in [0.2, 0.25) is 0 Å². The van der Waals surface area contributed by atoms with Crippen molar-refractivity contribution in [3.63, 3.8) is 0 Å². The second-order valence-corrected chi connectivity index (χ2v) is 5.22. The van der Waals surface area contributed by atoms with E-state index in [1.165, 1.54) is 6.07 Å². The second kappa shape index (κ2) is 5.14. The summed E-state index contributed by atoms with van der Waals surface area (Å²) in [5.41, 5.74) is 0.0976. The number of nitrogens with zero attached hydrogens (tertiary/aromatic N) is 1. The van der Waals surface area contributed by atoms with E-state index >= 15 is 0 Å². The zero-order valence-corrected chi connectivity index (χ0v) is 11.6. The van der Waals surface area contributed by atoms with Gasteiger partial charge in [-0.25, -0.2) is 4.39 Å². The monoisotopic (exact) mass is 303 g/mol. The van der Waals surface area contributed by atoms with Crippen molar-refractivity contribution in [3.05, 3.63) is 34.1 Å². The van der Waals surface area contributed by atoms with Gasteiger partial charge in [0.2, 0.25) is 0 Å². The normalized spacial score (nSPS) is 14.7. The highest BCUT2D eigenvalue weighted by molar-refractivity contribution is 9.10. The van der Waals surface area contributed by atoms with E-state index in [0.717, 1.165) is 5.56 Å². The average molecular weight is 304 g/mol. The third kappa shape index (κ3) is 3.04. The lowest BCUT2D eigenvalue weighted by molar-refractivity contribution is -0.140. The molecule has 0 fully saturated rings. The summed E-state index contributed by atoms with van der Waals surface area (Å²) in [5, 5.41) is 8.97. The standard InChI is InChI=1S/C12H15BrFNO2/c1-12(15(2)3,7-11(16)17)8-4-5-10(14)9(13)6-8/h4-6H,7H2,1-3H3,(H,16,17). The maximum atomic E-state index is 13.2. The molecule has 3 nitrogen and oxygen atoms in total. The van der Waals surface area contributed by atoms with Crippen molar-refractivity contribution in [2.24, 2.45) is 0 Å². The quantitative estimate of drug-likeness (QED) is 0.930. The van der Waals surface area contributed by atoms with Crippen molar-refractivity contribution in [2.45, 2.75) is 18.9 Å². The Balaban J connectivity index is 3.22. The first kappa shape index (κ1) is 14.1. The van der Waals surface area contributed by atoms with Crippen molar-refractivity contribution < 1.29 is 14.3 Å². The van der Waals surface area contributed by atoms with E-state index in [2.05, 4.69) is 15.9 Å². The van der Waals surface area contributed by atoms with Crippen LogP contribution in [0.3, 0.4) is 0 Å². The highest BCUT2D eigenvalue weighted by Crippen LogP contribution is 2.32. The van der Waals surface area contributed by atoms with Crippen molar-refractivity contribution in [1.29, 1.82) is 0 Å². The molecule has 0 spiro atoms. The summed E-state index contributed by atoms with van der Waals surface area (Å²) >= 11 is 3.11. The molecule has 1 atom stereocenters. The number of carboxylic acid groups (broad SMARTS) is 1. The smallest absolute Gasteiger partial charge is 0.305 e. The first-order chi connectivity index (χ1) is 7.77. The lowest BCUT2D eigenvalue weighted by Gasteiger charge is -2.36. The van der Waals surface area contributed by atoms with Crippen LogP contribution in [-0.2, 0) is 10.3 Å². The third-order valence-corrected chi connectivity index (χ3v) is 3.63.